The van der Waals surface area contributed by atoms with Gasteiger partial charge in [-0.3, -0.25) is 9.59 Å². The van der Waals surface area contributed by atoms with E-state index in [1.54, 1.807) is 11.8 Å². The van der Waals surface area contributed by atoms with Gasteiger partial charge in [0.25, 0.3) is 0 Å². The van der Waals surface area contributed by atoms with Gasteiger partial charge in [-0.15, -0.1) is 0 Å². The number of para-hydroxylation sites is 1. The normalized spacial score (nSPS) is 30.6. The maximum atomic E-state index is 13.3. The molecule has 3 aliphatic rings. The maximum Gasteiger partial charge on any atom is 0.227 e. The Kier molecular flexibility index (Phi) is 13.4. The summed E-state index contributed by atoms with van der Waals surface area (Å²) in [4.78, 5) is 27.6. The average Bonchev–Trinajstić information content (AvgIpc) is 3.11. The lowest BCUT2D eigenvalue weighted by atomic mass is 9.97. The zero-order valence-electron chi connectivity index (χ0n) is 28.4. The number of fused-ring (bicyclic) bond motifs is 2. The summed E-state index contributed by atoms with van der Waals surface area (Å²) in [6, 6.07) is 15.3. The number of nitrogens with one attached hydrogen (secondary N) is 1. The molecule has 2 fully saturated rings. The van der Waals surface area contributed by atoms with Gasteiger partial charge in [0.2, 0.25) is 11.8 Å². The van der Waals surface area contributed by atoms with Crippen molar-refractivity contribution in [3.63, 3.8) is 0 Å². The summed E-state index contributed by atoms with van der Waals surface area (Å²) in [6.45, 7) is 4.21. The molecule has 3 aliphatic heterocycles. The second-order valence-corrected chi connectivity index (χ2v) is 13.0. The topological polar surface area (TPSA) is 187 Å². The van der Waals surface area contributed by atoms with Crippen LogP contribution in [-0.2, 0) is 35.1 Å². The summed E-state index contributed by atoms with van der Waals surface area (Å²) >= 11 is 0. The van der Waals surface area contributed by atoms with E-state index < -0.39 is 61.4 Å². The predicted molar refractivity (Wildman–Crippen MR) is 180 cm³/mol. The molecular weight excluding hydrogens is 648 g/mol. The summed E-state index contributed by atoms with van der Waals surface area (Å²) < 4.78 is 22.5. The lowest BCUT2D eigenvalue weighted by molar-refractivity contribution is -0.354. The Morgan fingerprint density at radius 2 is 1.44 bits per heavy atom. The van der Waals surface area contributed by atoms with E-state index >= 15 is 0 Å². The fourth-order valence-electron chi connectivity index (χ4n) is 6.24. The first-order chi connectivity index (χ1) is 24.0. The van der Waals surface area contributed by atoms with Gasteiger partial charge in [-0.25, -0.2) is 0 Å². The number of unbranched alkanes of at least 4 members (excludes halogenated alkanes) is 3. The van der Waals surface area contributed by atoms with Gasteiger partial charge in [0.05, 0.1) is 24.4 Å². The molecule has 0 saturated carbocycles. The van der Waals surface area contributed by atoms with Crippen molar-refractivity contribution < 1.29 is 54.1 Å². The van der Waals surface area contributed by atoms with E-state index in [4.69, 9.17) is 18.9 Å². The monoisotopic (exact) mass is 696 g/mol. The zero-order valence-corrected chi connectivity index (χ0v) is 28.4. The van der Waals surface area contributed by atoms with E-state index in [2.05, 4.69) is 17.2 Å². The maximum absolute atomic E-state index is 13.3. The van der Waals surface area contributed by atoms with Gasteiger partial charge < -0.3 is 54.7 Å². The van der Waals surface area contributed by atoms with Gasteiger partial charge in [-0.05, 0) is 50.5 Å². The van der Waals surface area contributed by atoms with Crippen LogP contribution in [0.2, 0.25) is 0 Å². The second kappa shape index (κ2) is 17.7. The number of amides is 2. The Balaban J connectivity index is 0.985. The number of aliphatic hydroxyl groups is 5. The summed E-state index contributed by atoms with van der Waals surface area (Å²) in [6.07, 6.45) is -9.33. The summed E-state index contributed by atoms with van der Waals surface area (Å²) in [5.74, 6) is 6.05. The molecule has 6 N–H and O–H groups in total. The standard InChI is InChI=1S/C37H48N2O11/c1-22-30(42)32(44)33(45)37(49-22)50-35-31(43)23(2)48-36(34(35)46)47-20-10-4-3-9-19-38-28(40)17-18-29(41)39-21-26-13-6-5-11-24(26)15-16-25-12-7-8-14-27(25)39/h5-8,11-14,22-23,30-37,42-46H,3-4,9-10,17-21H2,1-2H3,(H,38,40). The average molecular weight is 697 g/mol. The Bertz CT molecular complexity index is 1510. The molecule has 50 heavy (non-hydrogen) atoms. The molecule has 0 aliphatic carbocycles. The molecule has 0 aromatic heterocycles. The number of carbonyl (C=O) groups is 2. The van der Waals surface area contributed by atoms with Gasteiger partial charge in [0.15, 0.2) is 12.6 Å². The lowest BCUT2D eigenvalue weighted by Gasteiger charge is -2.45. The number of anilines is 1. The van der Waals surface area contributed by atoms with Gasteiger partial charge in [-0.2, -0.15) is 0 Å². The van der Waals surface area contributed by atoms with Crippen LogP contribution in [0.5, 0.6) is 0 Å². The number of rotatable bonds is 13. The molecule has 13 heteroatoms. The molecule has 2 aromatic rings. The Morgan fingerprint density at radius 1 is 0.780 bits per heavy atom. The van der Waals surface area contributed by atoms with Gasteiger partial charge in [0.1, 0.15) is 36.6 Å². The summed E-state index contributed by atoms with van der Waals surface area (Å²) in [7, 11) is 0. The van der Waals surface area contributed by atoms with Crippen LogP contribution in [0.15, 0.2) is 48.5 Å². The van der Waals surface area contributed by atoms with Crippen LogP contribution in [0.3, 0.4) is 0 Å². The van der Waals surface area contributed by atoms with Crippen molar-refractivity contribution in [1.82, 2.24) is 5.32 Å². The van der Waals surface area contributed by atoms with E-state index in [-0.39, 0.29) is 31.3 Å². The van der Waals surface area contributed by atoms with Crippen LogP contribution in [0, 0.1) is 11.8 Å². The van der Waals surface area contributed by atoms with Crippen LogP contribution in [0.1, 0.15) is 69.1 Å². The van der Waals surface area contributed by atoms with E-state index in [1.165, 1.54) is 6.92 Å². The highest BCUT2D eigenvalue weighted by atomic mass is 16.7. The number of carbonyl (C=O) groups excluding carboxylic acids is 2. The fraction of sp³-hybridized carbons (Fsp3) is 0.568. The smallest absolute Gasteiger partial charge is 0.227 e. The highest BCUT2D eigenvalue weighted by Crippen LogP contribution is 2.30. The second-order valence-electron chi connectivity index (χ2n) is 13.0. The van der Waals surface area contributed by atoms with Crippen LogP contribution in [0.4, 0.5) is 5.69 Å². The molecule has 2 amide bonds. The van der Waals surface area contributed by atoms with Crippen molar-refractivity contribution in [2.45, 2.75) is 120 Å². The highest BCUT2D eigenvalue weighted by molar-refractivity contribution is 5.96. The Morgan fingerprint density at radius 3 is 2.24 bits per heavy atom. The van der Waals surface area contributed by atoms with Crippen LogP contribution in [-0.4, -0.2) is 112 Å². The predicted octanol–water partition coefficient (Wildman–Crippen LogP) is 1.09. The van der Waals surface area contributed by atoms with Crippen molar-refractivity contribution in [3.8, 4) is 11.8 Å². The molecule has 2 saturated heterocycles. The van der Waals surface area contributed by atoms with E-state index in [0.29, 0.717) is 19.5 Å². The highest BCUT2D eigenvalue weighted by Gasteiger charge is 2.49. The molecule has 272 valence electrons. The van der Waals surface area contributed by atoms with Crippen LogP contribution in [0.25, 0.3) is 0 Å². The first-order valence-electron chi connectivity index (χ1n) is 17.3. The number of aliphatic hydroxyl groups excluding tert-OH is 5. The van der Waals surface area contributed by atoms with Crippen LogP contribution < -0.4 is 10.2 Å². The van der Waals surface area contributed by atoms with Crippen molar-refractivity contribution >= 4 is 17.5 Å². The molecule has 13 nitrogen and oxygen atoms in total. The molecular formula is C37H48N2O11. The number of nitrogens with zero attached hydrogens (tertiary/aromatic N) is 1. The van der Waals surface area contributed by atoms with Gasteiger partial charge >= 0.3 is 0 Å². The number of ether oxygens (including phenoxy) is 4. The molecule has 10 atom stereocenters. The summed E-state index contributed by atoms with van der Waals surface area (Å²) in [5.41, 5.74) is 3.33. The molecule has 5 rings (SSSR count). The minimum Gasteiger partial charge on any atom is -0.388 e. The molecule has 0 bridgehead atoms. The van der Waals surface area contributed by atoms with Crippen molar-refractivity contribution in [2.24, 2.45) is 0 Å². The van der Waals surface area contributed by atoms with Crippen molar-refractivity contribution in [3.05, 3.63) is 65.2 Å². The number of hydrogen-bond acceptors (Lipinski definition) is 11. The van der Waals surface area contributed by atoms with E-state index in [0.717, 1.165) is 41.6 Å². The zero-order chi connectivity index (χ0) is 35.8. The third-order valence-electron chi connectivity index (χ3n) is 9.30. The fourth-order valence-corrected chi connectivity index (χ4v) is 6.24. The van der Waals surface area contributed by atoms with Gasteiger partial charge in [-0.1, -0.05) is 55.0 Å². The third-order valence-corrected chi connectivity index (χ3v) is 9.30. The van der Waals surface area contributed by atoms with Crippen molar-refractivity contribution in [2.75, 3.05) is 18.1 Å². The Hall–Kier alpha value is -3.42. The third kappa shape index (κ3) is 9.27. The van der Waals surface area contributed by atoms with E-state index in [1.807, 2.05) is 48.5 Å². The molecule has 0 radical (unpaired) electrons. The van der Waals surface area contributed by atoms with E-state index in [9.17, 15) is 35.1 Å². The number of hydrogen-bond donors (Lipinski definition) is 6. The molecule has 3 heterocycles. The van der Waals surface area contributed by atoms with Gasteiger partial charge in [0, 0.05) is 37.1 Å². The number of benzene rings is 2. The molecule has 10 unspecified atom stereocenters. The quantitative estimate of drug-likeness (QED) is 0.130. The first-order valence-corrected chi connectivity index (χ1v) is 17.3. The van der Waals surface area contributed by atoms with Crippen molar-refractivity contribution in [1.29, 1.82) is 0 Å². The minimum atomic E-state index is -1.59. The molecule has 0 spiro atoms. The SMILES string of the molecule is CC1OC(OC2C(O)C(C)OC(OCCCCCCNC(=O)CCC(=O)N3Cc4ccccc4C#Cc4ccccc43)C2O)C(O)C(O)C1O. The first kappa shape index (κ1) is 37.8. The summed E-state index contributed by atoms with van der Waals surface area (Å²) in [5, 5.41) is 54.6. The largest absolute Gasteiger partial charge is 0.388 e. The molecule has 2 aromatic carbocycles. The Labute approximate surface area is 292 Å². The van der Waals surface area contributed by atoms with Crippen LogP contribution >= 0.6 is 0 Å². The minimum absolute atomic E-state index is 0.0716. The lowest BCUT2D eigenvalue weighted by Crippen LogP contribution is -2.63.